The van der Waals surface area contributed by atoms with Gasteiger partial charge in [0.15, 0.2) is 5.13 Å². The fraction of sp³-hybridized carbons (Fsp3) is 0.600. The first-order valence-corrected chi connectivity index (χ1v) is 6.01. The Morgan fingerprint density at radius 3 is 3.20 bits per heavy atom. The Kier molecular flexibility index (Phi) is 3.20. The van der Waals surface area contributed by atoms with Crippen LogP contribution in [0.1, 0.15) is 19.3 Å². The number of hydrogen-bond donors (Lipinski definition) is 2. The van der Waals surface area contributed by atoms with Crippen molar-refractivity contribution in [3.05, 3.63) is 11.6 Å². The number of nitrogens with zero attached hydrogens (tertiary/aromatic N) is 1. The molecule has 1 aromatic heterocycles. The van der Waals surface area contributed by atoms with Crippen LogP contribution in [0.4, 0.5) is 5.13 Å². The van der Waals surface area contributed by atoms with Gasteiger partial charge in [0.05, 0.1) is 5.92 Å². The summed E-state index contributed by atoms with van der Waals surface area (Å²) in [5, 5.41) is 15.0. The van der Waals surface area contributed by atoms with Gasteiger partial charge in [0.1, 0.15) is 0 Å². The van der Waals surface area contributed by atoms with Crippen molar-refractivity contribution in [3.63, 3.8) is 0 Å². The van der Waals surface area contributed by atoms with Gasteiger partial charge >= 0.3 is 5.97 Å². The van der Waals surface area contributed by atoms with Gasteiger partial charge in [-0.25, -0.2) is 4.98 Å². The molecule has 82 valence electrons. The number of aliphatic carboxylic acids is 1. The van der Waals surface area contributed by atoms with Crippen molar-refractivity contribution in [1.82, 2.24) is 4.98 Å². The molecule has 1 fully saturated rings. The molecule has 0 aliphatic heterocycles. The number of anilines is 1. The number of carboxylic acid groups (broad SMARTS) is 1. The van der Waals surface area contributed by atoms with Gasteiger partial charge in [-0.1, -0.05) is 6.42 Å². The van der Waals surface area contributed by atoms with Crippen molar-refractivity contribution in [2.45, 2.75) is 19.3 Å². The summed E-state index contributed by atoms with van der Waals surface area (Å²) >= 11 is 1.55. The summed E-state index contributed by atoms with van der Waals surface area (Å²) in [6.07, 6.45) is 4.60. The first-order chi connectivity index (χ1) is 7.27. The molecule has 2 atom stereocenters. The first-order valence-electron chi connectivity index (χ1n) is 5.13. The maximum absolute atomic E-state index is 10.9. The first kappa shape index (κ1) is 10.4. The zero-order valence-corrected chi connectivity index (χ0v) is 9.17. The average Bonchev–Trinajstić information content (AvgIpc) is 2.86. The van der Waals surface area contributed by atoms with E-state index in [1.807, 2.05) is 5.38 Å². The molecule has 1 aliphatic carbocycles. The predicted octanol–water partition coefficient (Wildman–Crippen LogP) is 2.06. The summed E-state index contributed by atoms with van der Waals surface area (Å²) in [6.45, 7) is 0.727. The standard InChI is InChI=1S/C10H14N2O2S/c13-9(14)8-3-1-2-7(8)6-12-10-11-4-5-15-10/h4-5,7-8H,1-3,6H2,(H,11,12)(H,13,14). The highest BCUT2D eigenvalue weighted by molar-refractivity contribution is 7.13. The summed E-state index contributed by atoms with van der Waals surface area (Å²) < 4.78 is 0. The van der Waals surface area contributed by atoms with Crippen LogP contribution in [0, 0.1) is 11.8 Å². The van der Waals surface area contributed by atoms with Crippen LogP contribution >= 0.6 is 11.3 Å². The molecule has 0 radical (unpaired) electrons. The zero-order chi connectivity index (χ0) is 10.7. The molecule has 4 nitrogen and oxygen atoms in total. The van der Waals surface area contributed by atoms with Crippen molar-refractivity contribution in [2.24, 2.45) is 11.8 Å². The lowest BCUT2D eigenvalue weighted by atomic mass is 9.96. The third kappa shape index (κ3) is 2.47. The molecular weight excluding hydrogens is 212 g/mol. The van der Waals surface area contributed by atoms with E-state index < -0.39 is 5.97 Å². The molecule has 2 rings (SSSR count). The highest BCUT2D eigenvalue weighted by atomic mass is 32.1. The minimum Gasteiger partial charge on any atom is -0.481 e. The van der Waals surface area contributed by atoms with E-state index in [2.05, 4.69) is 10.3 Å². The summed E-state index contributed by atoms with van der Waals surface area (Å²) in [4.78, 5) is 15.0. The van der Waals surface area contributed by atoms with Crippen molar-refractivity contribution in [2.75, 3.05) is 11.9 Å². The van der Waals surface area contributed by atoms with Crippen molar-refractivity contribution in [1.29, 1.82) is 0 Å². The Hall–Kier alpha value is -1.10. The van der Waals surface area contributed by atoms with Gasteiger partial charge in [-0.3, -0.25) is 4.79 Å². The number of hydrogen-bond acceptors (Lipinski definition) is 4. The summed E-state index contributed by atoms with van der Waals surface area (Å²) in [7, 11) is 0. The van der Waals surface area contributed by atoms with Gasteiger partial charge in [0, 0.05) is 18.1 Å². The Labute approximate surface area is 92.3 Å². The van der Waals surface area contributed by atoms with E-state index >= 15 is 0 Å². The van der Waals surface area contributed by atoms with E-state index in [9.17, 15) is 4.79 Å². The maximum Gasteiger partial charge on any atom is 0.306 e. The lowest BCUT2D eigenvalue weighted by Crippen LogP contribution is -2.24. The minimum absolute atomic E-state index is 0.169. The Bertz CT molecular complexity index is 326. The molecule has 0 saturated heterocycles. The largest absolute Gasteiger partial charge is 0.481 e. The van der Waals surface area contributed by atoms with Crippen LogP contribution in [-0.2, 0) is 4.79 Å². The highest BCUT2D eigenvalue weighted by Gasteiger charge is 2.32. The minimum atomic E-state index is -0.654. The second kappa shape index (κ2) is 4.61. The Balaban J connectivity index is 1.86. The van der Waals surface area contributed by atoms with Crippen LogP contribution in [0.25, 0.3) is 0 Å². The molecule has 2 N–H and O–H groups in total. The predicted molar refractivity (Wildman–Crippen MR) is 59.1 cm³/mol. The van der Waals surface area contributed by atoms with Crippen molar-refractivity contribution in [3.8, 4) is 0 Å². The molecule has 1 aliphatic rings. The molecule has 0 amide bonds. The highest BCUT2D eigenvalue weighted by Crippen LogP contribution is 2.32. The van der Waals surface area contributed by atoms with Crippen LogP contribution < -0.4 is 5.32 Å². The van der Waals surface area contributed by atoms with Gasteiger partial charge in [-0.2, -0.15) is 0 Å². The summed E-state index contributed by atoms with van der Waals surface area (Å²) in [6, 6.07) is 0. The van der Waals surface area contributed by atoms with E-state index in [1.165, 1.54) is 0 Å². The van der Waals surface area contributed by atoms with Crippen molar-refractivity contribution < 1.29 is 9.90 Å². The number of rotatable bonds is 4. The molecule has 2 unspecified atom stereocenters. The molecule has 0 spiro atoms. The quantitative estimate of drug-likeness (QED) is 0.825. The normalized spacial score (nSPS) is 25.3. The molecule has 1 saturated carbocycles. The molecule has 0 bridgehead atoms. The molecule has 1 aromatic rings. The third-order valence-electron chi connectivity index (χ3n) is 2.92. The van der Waals surface area contributed by atoms with Gasteiger partial charge in [0.25, 0.3) is 0 Å². The smallest absolute Gasteiger partial charge is 0.306 e. The third-order valence-corrected chi connectivity index (χ3v) is 3.65. The van der Waals surface area contributed by atoms with E-state index in [-0.39, 0.29) is 11.8 Å². The van der Waals surface area contributed by atoms with Crippen LogP contribution in [0.5, 0.6) is 0 Å². The summed E-state index contributed by atoms with van der Waals surface area (Å²) in [5.41, 5.74) is 0. The number of nitrogens with one attached hydrogen (secondary N) is 1. The molecule has 5 heteroatoms. The average molecular weight is 226 g/mol. The van der Waals surface area contributed by atoms with Crippen molar-refractivity contribution >= 4 is 22.4 Å². The van der Waals surface area contributed by atoms with Crippen LogP contribution in [0.2, 0.25) is 0 Å². The number of thiazole rings is 1. The monoisotopic (exact) mass is 226 g/mol. The van der Waals surface area contributed by atoms with E-state index in [0.29, 0.717) is 0 Å². The topological polar surface area (TPSA) is 62.2 Å². The van der Waals surface area contributed by atoms with Crippen LogP contribution in [0.15, 0.2) is 11.6 Å². The van der Waals surface area contributed by atoms with Crippen LogP contribution in [0.3, 0.4) is 0 Å². The SMILES string of the molecule is O=C(O)C1CCCC1CNc1nccs1. The fourth-order valence-corrected chi connectivity index (χ4v) is 2.67. The number of carbonyl (C=O) groups is 1. The van der Waals surface area contributed by atoms with Gasteiger partial charge in [-0.15, -0.1) is 11.3 Å². The molecule has 1 heterocycles. The van der Waals surface area contributed by atoms with Gasteiger partial charge in [-0.05, 0) is 18.8 Å². The number of aromatic nitrogens is 1. The van der Waals surface area contributed by atoms with Gasteiger partial charge < -0.3 is 10.4 Å². The second-order valence-electron chi connectivity index (χ2n) is 3.85. The fourth-order valence-electron chi connectivity index (χ4n) is 2.14. The zero-order valence-electron chi connectivity index (χ0n) is 8.35. The second-order valence-corrected chi connectivity index (χ2v) is 4.75. The number of carboxylic acids is 1. The molecule has 0 aromatic carbocycles. The lowest BCUT2D eigenvalue weighted by Gasteiger charge is -2.15. The summed E-state index contributed by atoms with van der Waals surface area (Å²) in [5.74, 6) is -0.567. The van der Waals surface area contributed by atoms with E-state index in [0.717, 1.165) is 30.9 Å². The van der Waals surface area contributed by atoms with E-state index in [4.69, 9.17) is 5.11 Å². The molecule has 15 heavy (non-hydrogen) atoms. The maximum atomic E-state index is 10.9. The molecular formula is C10H14N2O2S. The Morgan fingerprint density at radius 1 is 1.67 bits per heavy atom. The Morgan fingerprint density at radius 2 is 2.53 bits per heavy atom. The van der Waals surface area contributed by atoms with E-state index in [1.54, 1.807) is 17.5 Å². The van der Waals surface area contributed by atoms with Crippen LogP contribution in [-0.4, -0.2) is 22.6 Å². The van der Waals surface area contributed by atoms with Gasteiger partial charge in [0.2, 0.25) is 0 Å². The lowest BCUT2D eigenvalue weighted by molar-refractivity contribution is -0.142.